The lowest BCUT2D eigenvalue weighted by Gasteiger charge is -2.15. The van der Waals surface area contributed by atoms with Crippen molar-refractivity contribution in [1.29, 1.82) is 0 Å². The molecule has 0 fully saturated rings. The molecule has 0 bridgehead atoms. The third kappa shape index (κ3) is 4.85. The Morgan fingerprint density at radius 3 is 2.39 bits per heavy atom. The number of thiocarbonyl (C=S) groups is 1. The molecule has 5 aromatic rings. The van der Waals surface area contributed by atoms with Crippen LogP contribution in [0, 0.1) is 0 Å². The second-order valence-electron chi connectivity index (χ2n) is 8.30. The number of nitrogens with one attached hydrogen (secondary N) is 2. The average Bonchev–Trinajstić information content (AvgIpc) is 2.92. The van der Waals surface area contributed by atoms with Crippen molar-refractivity contribution in [3.63, 3.8) is 0 Å². The van der Waals surface area contributed by atoms with Gasteiger partial charge in [-0.1, -0.05) is 42.5 Å². The van der Waals surface area contributed by atoms with E-state index in [1.807, 2.05) is 42.5 Å². The molecule has 2 N–H and O–H groups in total. The van der Waals surface area contributed by atoms with E-state index in [-0.39, 0.29) is 5.11 Å². The van der Waals surface area contributed by atoms with E-state index in [1.165, 1.54) is 14.2 Å². The number of benzene rings is 4. The van der Waals surface area contributed by atoms with Gasteiger partial charge in [-0.25, -0.2) is 4.79 Å². The lowest BCUT2D eigenvalue weighted by Crippen LogP contribution is -2.34. The minimum absolute atomic E-state index is 0.0846. The molecule has 0 saturated carbocycles. The summed E-state index contributed by atoms with van der Waals surface area (Å²) in [5.41, 5.74) is 1.87. The van der Waals surface area contributed by atoms with Crippen LogP contribution >= 0.6 is 28.1 Å². The summed E-state index contributed by atoms with van der Waals surface area (Å²) < 4.78 is 17.2. The highest BCUT2D eigenvalue weighted by atomic mass is 79.9. The minimum Gasteiger partial charge on any atom is -0.496 e. The van der Waals surface area contributed by atoms with Crippen molar-refractivity contribution < 1.29 is 18.7 Å². The lowest BCUT2D eigenvalue weighted by molar-refractivity contribution is 0.0975. The lowest BCUT2D eigenvalue weighted by atomic mass is 10.0. The zero-order valence-corrected chi connectivity index (χ0v) is 22.7. The van der Waals surface area contributed by atoms with E-state index in [0.29, 0.717) is 43.9 Å². The van der Waals surface area contributed by atoms with Gasteiger partial charge in [0.05, 0.1) is 29.8 Å². The van der Waals surface area contributed by atoms with E-state index in [0.717, 1.165) is 16.2 Å². The van der Waals surface area contributed by atoms with E-state index in [4.69, 9.17) is 26.1 Å². The Labute approximate surface area is 231 Å². The standard InChI is InChI=1S/C29H21BrN2O5S/c1-35-24-15-18(11-12-20(24)21-14-17-8-4-6-10-23(17)37-28(21)34)31-29(38)32-27(33)22-13-16-7-3-5-9-19(16)25(30)26(22)36-2/h3-15H,1-2H3,(H2,31,32,33,38). The third-order valence-electron chi connectivity index (χ3n) is 6.01. The number of para-hydroxylation sites is 1. The first-order valence-electron chi connectivity index (χ1n) is 11.5. The van der Waals surface area contributed by atoms with Gasteiger partial charge >= 0.3 is 5.63 Å². The van der Waals surface area contributed by atoms with Gasteiger partial charge < -0.3 is 19.2 Å². The predicted molar refractivity (Wildman–Crippen MR) is 156 cm³/mol. The summed E-state index contributed by atoms with van der Waals surface area (Å²) in [4.78, 5) is 25.8. The Morgan fingerprint density at radius 2 is 1.63 bits per heavy atom. The van der Waals surface area contributed by atoms with Crippen molar-refractivity contribution in [2.75, 3.05) is 19.5 Å². The van der Waals surface area contributed by atoms with E-state index >= 15 is 0 Å². The fourth-order valence-corrected chi connectivity index (χ4v) is 5.17. The molecule has 1 aromatic heterocycles. The van der Waals surface area contributed by atoms with Gasteiger partial charge in [-0.3, -0.25) is 10.1 Å². The van der Waals surface area contributed by atoms with Crippen LogP contribution in [0.15, 0.2) is 92.5 Å². The quantitative estimate of drug-likeness (QED) is 0.178. The summed E-state index contributed by atoms with van der Waals surface area (Å²) in [6.45, 7) is 0. The topological polar surface area (TPSA) is 89.8 Å². The Kier molecular flexibility index (Phi) is 7.13. The zero-order valence-electron chi connectivity index (χ0n) is 20.3. The highest BCUT2D eigenvalue weighted by Gasteiger charge is 2.19. The molecule has 0 aliphatic rings. The number of hydrogen-bond donors (Lipinski definition) is 2. The molecule has 38 heavy (non-hydrogen) atoms. The Morgan fingerprint density at radius 1 is 0.895 bits per heavy atom. The maximum atomic E-state index is 13.1. The van der Waals surface area contributed by atoms with Crippen molar-refractivity contribution in [1.82, 2.24) is 5.32 Å². The smallest absolute Gasteiger partial charge is 0.344 e. The van der Waals surface area contributed by atoms with Crippen LogP contribution in [-0.2, 0) is 0 Å². The number of hydrogen-bond acceptors (Lipinski definition) is 6. The SMILES string of the molecule is COc1cc(NC(=S)NC(=O)c2cc3ccccc3c(Br)c2OC)ccc1-c1cc2ccccc2oc1=O. The summed E-state index contributed by atoms with van der Waals surface area (Å²) >= 11 is 8.94. The minimum atomic E-state index is -0.471. The molecule has 0 aliphatic heterocycles. The van der Waals surface area contributed by atoms with Gasteiger partial charge in [0.15, 0.2) is 5.11 Å². The summed E-state index contributed by atoms with van der Waals surface area (Å²) in [6, 6.07) is 23.6. The number of methoxy groups -OCH3 is 2. The maximum Gasteiger partial charge on any atom is 0.344 e. The Hall–Kier alpha value is -4.21. The van der Waals surface area contributed by atoms with Gasteiger partial charge in [0.25, 0.3) is 5.91 Å². The molecule has 0 aliphatic carbocycles. The summed E-state index contributed by atoms with van der Waals surface area (Å²) in [6.07, 6.45) is 0. The Balaban J connectivity index is 1.39. The van der Waals surface area contributed by atoms with E-state index in [1.54, 1.807) is 36.4 Å². The van der Waals surface area contributed by atoms with Gasteiger partial charge in [-0.05, 0) is 69.3 Å². The highest BCUT2D eigenvalue weighted by molar-refractivity contribution is 9.10. The molecule has 5 rings (SSSR count). The van der Waals surface area contributed by atoms with E-state index in [9.17, 15) is 9.59 Å². The zero-order chi connectivity index (χ0) is 26.8. The van der Waals surface area contributed by atoms with E-state index in [2.05, 4.69) is 26.6 Å². The molecule has 1 heterocycles. The molecule has 1 amide bonds. The molecular weight excluding hydrogens is 568 g/mol. The summed E-state index contributed by atoms with van der Waals surface area (Å²) in [5, 5.41) is 8.38. The van der Waals surface area contributed by atoms with Crippen LogP contribution in [0.25, 0.3) is 32.9 Å². The van der Waals surface area contributed by atoms with Crippen LogP contribution in [0.1, 0.15) is 10.4 Å². The number of halogens is 1. The Bertz CT molecular complexity index is 1780. The molecule has 7 nitrogen and oxygen atoms in total. The van der Waals surface area contributed by atoms with Crippen LogP contribution in [-0.4, -0.2) is 25.2 Å². The van der Waals surface area contributed by atoms with Gasteiger partial charge in [0.1, 0.15) is 17.1 Å². The number of carbonyl (C=O) groups is 1. The molecule has 0 unspecified atom stereocenters. The van der Waals surface area contributed by atoms with Crippen LogP contribution in [0.3, 0.4) is 0 Å². The third-order valence-corrected chi connectivity index (χ3v) is 7.00. The first-order valence-corrected chi connectivity index (χ1v) is 12.7. The predicted octanol–water partition coefficient (Wildman–Crippen LogP) is 6.52. The van der Waals surface area contributed by atoms with Gasteiger partial charge in [0, 0.05) is 22.7 Å². The molecule has 0 atom stereocenters. The second-order valence-corrected chi connectivity index (χ2v) is 9.50. The van der Waals surface area contributed by atoms with Crippen LogP contribution in [0.2, 0.25) is 0 Å². The van der Waals surface area contributed by atoms with Crippen molar-refractivity contribution in [2.24, 2.45) is 0 Å². The maximum absolute atomic E-state index is 13.1. The normalized spacial score (nSPS) is 10.8. The van der Waals surface area contributed by atoms with E-state index < -0.39 is 11.5 Å². The fourth-order valence-electron chi connectivity index (χ4n) is 4.23. The second kappa shape index (κ2) is 10.6. The van der Waals surface area contributed by atoms with Gasteiger partial charge in [0.2, 0.25) is 0 Å². The number of ether oxygens (including phenoxy) is 2. The number of anilines is 1. The molecule has 0 radical (unpaired) electrons. The highest BCUT2D eigenvalue weighted by Crippen LogP contribution is 2.37. The number of amides is 1. The van der Waals surface area contributed by atoms with Crippen molar-refractivity contribution >= 4 is 66.6 Å². The molecule has 190 valence electrons. The van der Waals surface area contributed by atoms with Crippen LogP contribution in [0.5, 0.6) is 11.5 Å². The summed E-state index contributed by atoms with van der Waals surface area (Å²) in [5.74, 6) is 0.416. The molecule has 0 saturated heterocycles. The first-order chi connectivity index (χ1) is 18.4. The average molecular weight is 589 g/mol. The summed E-state index contributed by atoms with van der Waals surface area (Å²) in [7, 11) is 3.02. The fraction of sp³-hybridized carbons (Fsp3) is 0.0690. The molecule has 4 aromatic carbocycles. The van der Waals surface area contributed by atoms with Crippen LogP contribution in [0.4, 0.5) is 5.69 Å². The number of carbonyl (C=O) groups excluding carboxylic acids is 1. The number of fused-ring (bicyclic) bond motifs is 2. The monoisotopic (exact) mass is 588 g/mol. The first kappa shape index (κ1) is 25.4. The van der Waals surface area contributed by atoms with Crippen molar-refractivity contribution in [3.05, 3.63) is 99.3 Å². The van der Waals surface area contributed by atoms with Gasteiger partial charge in [-0.2, -0.15) is 0 Å². The largest absolute Gasteiger partial charge is 0.496 e. The van der Waals surface area contributed by atoms with Crippen molar-refractivity contribution in [3.8, 4) is 22.6 Å². The van der Waals surface area contributed by atoms with Crippen LogP contribution < -0.4 is 25.7 Å². The van der Waals surface area contributed by atoms with Gasteiger partial charge in [-0.15, -0.1) is 0 Å². The molecular formula is C29H21BrN2O5S. The molecule has 9 heteroatoms. The van der Waals surface area contributed by atoms with Crippen molar-refractivity contribution in [2.45, 2.75) is 0 Å². The number of rotatable bonds is 5. The molecule has 0 spiro atoms.